The fourth-order valence-corrected chi connectivity index (χ4v) is 2.64. The lowest BCUT2D eigenvalue weighted by Crippen LogP contribution is -2.24. The van der Waals surface area contributed by atoms with Crippen LogP contribution in [0.5, 0.6) is 17.2 Å². The van der Waals surface area contributed by atoms with Crippen LogP contribution in [-0.4, -0.2) is 25.7 Å². The Morgan fingerprint density at radius 3 is 2.70 bits per heavy atom. The third kappa shape index (κ3) is 5.20. The van der Waals surface area contributed by atoms with Crippen LogP contribution < -0.4 is 19.5 Å². The zero-order valence-corrected chi connectivity index (χ0v) is 14.7. The van der Waals surface area contributed by atoms with E-state index in [1.54, 1.807) is 37.3 Å². The van der Waals surface area contributed by atoms with E-state index in [1.807, 2.05) is 6.07 Å². The summed E-state index contributed by atoms with van der Waals surface area (Å²) < 4.78 is 40.0. The number of hydrogen-bond acceptors (Lipinski definition) is 4. The molecule has 0 fully saturated rings. The number of nitrogens with one attached hydrogen (secondary N) is 1. The monoisotopic (exact) mass is 375 g/mol. The summed E-state index contributed by atoms with van der Waals surface area (Å²) in [7, 11) is 0. The smallest absolute Gasteiger partial charge is 0.387 e. The molecular weight excluding hydrogens is 356 g/mol. The molecular formula is C20H19F2NO4. The fourth-order valence-electron chi connectivity index (χ4n) is 2.64. The Morgan fingerprint density at radius 2 is 1.93 bits per heavy atom. The number of benzene rings is 2. The Hall–Kier alpha value is -3.09. The molecule has 3 rings (SSSR count). The average Bonchev–Trinajstić information content (AvgIpc) is 2.66. The highest BCUT2D eigenvalue weighted by molar-refractivity contribution is 5.92. The van der Waals surface area contributed by atoms with Gasteiger partial charge < -0.3 is 19.5 Å². The van der Waals surface area contributed by atoms with E-state index in [9.17, 15) is 13.6 Å². The van der Waals surface area contributed by atoms with Gasteiger partial charge in [-0.1, -0.05) is 18.2 Å². The SMILES string of the molecule is CC(NC(=O)/C=C/c1ccc2c(c1)OCCO2)c1cccc(OC(F)F)c1. The lowest BCUT2D eigenvalue weighted by Gasteiger charge is -2.18. The maximum atomic E-state index is 12.3. The maximum Gasteiger partial charge on any atom is 0.387 e. The summed E-state index contributed by atoms with van der Waals surface area (Å²) in [4.78, 5) is 12.1. The summed E-state index contributed by atoms with van der Waals surface area (Å²) in [6, 6.07) is 11.3. The lowest BCUT2D eigenvalue weighted by molar-refractivity contribution is -0.117. The van der Waals surface area contributed by atoms with Crippen LogP contribution in [-0.2, 0) is 4.79 Å². The normalized spacial score (nSPS) is 14.2. The first kappa shape index (κ1) is 18.7. The van der Waals surface area contributed by atoms with E-state index in [2.05, 4.69) is 10.1 Å². The highest BCUT2D eigenvalue weighted by atomic mass is 19.3. The number of amides is 1. The second-order valence-electron chi connectivity index (χ2n) is 5.92. The van der Waals surface area contributed by atoms with Gasteiger partial charge in [0, 0.05) is 6.08 Å². The van der Waals surface area contributed by atoms with Crippen LogP contribution in [0, 0.1) is 0 Å². The molecule has 2 aromatic rings. The molecule has 1 aliphatic heterocycles. The lowest BCUT2D eigenvalue weighted by atomic mass is 10.1. The van der Waals surface area contributed by atoms with Crippen molar-refractivity contribution in [3.8, 4) is 17.2 Å². The minimum absolute atomic E-state index is 0.0513. The molecule has 0 saturated carbocycles. The van der Waals surface area contributed by atoms with Gasteiger partial charge in [-0.3, -0.25) is 4.79 Å². The van der Waals surface area contributed by atoms with Gasteiger partial charge in [0.1, 0.15) is 19.0 Å². The summed E-state index contributed by atoms with van der Waals surface area (Å²) in [6.07, 6.45) is 3.07. The standard InChI is InChI=1S/C20H19F2NO4/c1-13(15-3-2-4-16(12-15)27-20(21)22)23-19(24)8-6-14-5-7-17-18(11-14)26-10-9-25-17/h2-8,11-13,20H,9-10H2,1H3,(H,23,24)/b8-6+. The molecule has 142 valence electrons. The van der Waals surface area contributed by atoms with E-state index in [-0.39, 0.29) is 17.7 Å². The van der Waals surface area contributed by atoms with Gasteiger partial charge in [-0.15, -0.1) is 0 Å². The zero-order chi connectivity index (χ0) is 19.2. The number of ether oxygens (including phenoxy) is 3. The van der Waals surface area contributed by atoms with Crippen LogP contribution in [0.3, 0.4) is 0 Å². The van der Waals surface area contributed by atoms with Gasteiger partial charge in [-0.05, 0) is 48.4 Å². The van der Waals surface area contributed by atoms with Crippen molar-refractivity contribution in [3.05, 3.63) is 59.7 Å². The molecule has 7 heteroatoms. The Bertz CT molecular complexity index is 838. The van der Waals surface area contributed by atoms with Gasteiger partial charge in [-0.25, -0.2) is 0 Å². The molecule has 5 nitrogen and oxygen atoms in total. The van der Waals surface area contributed by atoms with Crippen molar-refractivity contribution in [2.75, 3.05) is 13.2 Å². The second kappa shape index (κ2) is 8.53. The van der Waals surface area contributed by atoms with Crippen molar-refractivity contribution >= 4 is 12.0 Å². The number of alkyl halides is 2. The van der Waals surface area contributed by atoms with E-state index >= 15 is 0 Å². The predicted octanol–water partition coefficient (Wildman–Crippen LogP) is 3.95. The molecule has 0 aliphatic carbocycles. The molecule has 1 heterocycles. The molecule has 1 atom stereocenters. The summed E-state index contributed by atoms with van der Waals surface area (Å²) in [5.41, 5.74) is 1.46. The minimum Gasteiger partial charge on any atom is -0.486 e. The fraction of sp³-hybridized carbons (Fsp3) is 0.250. The van der Waals surface area contributed by atoms with Gasteiger partial charge in [0.05, 0.1) is 6.04 Å². The summed E-state index contributed by atoms with van der Waals surface area (Å²) >= 11 is 0. The second-order valence-corrected chi connectivity index (χ2v) is 5.92. The molecule has 2 aromatic carbocycles. The summed E-state index contributed by atoms with van der Waals surface area (Å²) in [6.45, 7) is -0.116. The Labute approximate surface area is 155 Å². The summed E-state index contributed by atoms with van der Waals surface area (Å²) in [5, 5.41) is 2.78. The van der Waals surface area contributed by atoms with Gasteiger partial charge in [0.2, 0.25) is 5.91 Å². The van der Waals surface area contributed by atoms with Crippen molar-refractivity contribution < 1.29 is 27.8 Å². The minimum atomic E-state index is -2.89. The molecule has 0 radical (unpaired) electrons. The molecule has 0 bridgehead atoms. The Balaban J connectivity index is 1.61. The number of hydrogen-bond donors (Lipinski definition) is 1. The highest BCUT2D eigenvalue weighted by Crippen LogP contribution is 2.31. The van der Waals surface area contributed by atoms with Crippen LogP contribution in [0.2, 0.25) is 0 Å². The van der Waals surface area contributed by atoms with Crippen LogP contribution in [0.15, 0.2) is 48.5 Å². The molecule has 1 N–H and O–H groups in total. The molecule has 0 saturated heterocycles. The zero-order valence-electron chi connectivity index (χ0n) is 14.7. The average molecular weight is 375 g/mol. The predicted molar refractivity (Wildman–Crippen MR) is 96.1 cm³/mol. The van der Waals surface area contributed by atoms with Crippen molar-refractivity contribution in [1.29, 1.82) is 0 Å². The largest absolute Gasteiger partial charge is 0.486 e. The third-order valence-electron chi connectivity index (χ3n) is 3.94. The molecule has 1 unspecified atom stereocenters. The van der Waals surface area contributed by atoms with Gasteiger partial charge >= 0.3 is 6.61 Å². The van der Waals surface area contributed by atoms with Crippen LogP contribution in [0.25, 0.3) is 6.08 Å². The number of carbonyl (C=O) groups is 1. The van der Waals surface area contributed by atoms with Gasteiger partial charge in [-0.2, -0.15) is 8.78 Å². The van der Waals surface area contributed by atoms with Gasteiger partial charge in [0.25, 0.3) is 0 Å². The number of halogens is 2. The topological polar surface area (TPSA) is 56.8 Å². The van der Waals surface area contributed by atoms with Crippen LogP contribution in [0.1, 0.15) is 24.1 Å². The molecule has 1 amide bonds. The maximum absolute atomic E-state index is 12.3. The third-order valence-corrected chi connectivity index (χ3v) is 3.94. The van der Waals surface area contributed by atoms with E-state index < -0.39 is 6.61 Å². The first-order valence-electron chi connectivity index (χ1n) is 8.44. The Kier molecular flexibility index (Phi) is 5.90. The van der Waals surface area contributed by atoms with Crippen molar-refractivity contribution in [3.63, 3.8) is 0 Å². The number of fused-ring (bicyclic) bond motifs is 1. The first-order valence-corrected chi connectivity index (χ1v) is 8.44. The number of carbonyl (C=O) groups excluding carboxylic acids is 1. The van der Waals surface area contributed by atoms with Crippen molar-refractivity contribution in [1.82, 2.24) is 5.32 Å². The quantitative estimate of drug-likeness (QED) is 0.777. The van der Waals surface area contributed by atoms with Crippen molar-refractivity contribution in [2.24, 2.45) is 0 Å². The number of rotatable bonds is 6. The molecule has 0 aromatic heterocycles. The van der Waals surface area contributed by atoms with E-state index in [1.165, 1.54) is 18.2 Å². The Morgan fingerprint density at radius 1 is 1.15 bits per heavy atom. The van der Waals surface area contributed by atoms with E-state index in [0.29, 0.717) is 30.3 Å². The van der Waals surface area contributed by atoms with Crippen LogP contribution >= 0.6 is 0 Å². The first-order chi connectivity index (χ1) is 13.0. The van der Waals surface area contributed by atoms with E-state index in [4.69, 9.17) is 9.47 Å². The molecule has 27 heavy (non-hydrogen) atoms. The van der Waals surface area contributed by atoms with E-state index in [0.717, 1.165) is 5.56 Å². The summed E-state index contributed by atoms with van der Waals surface area (Å²) in [5.74, 6) is 1.07. The molecule has 1 aliphatic rings. The van der Waals surface area contributed by atoms with Crippen LogP contribution in [0.4, 0.5) is 8.78 Å². The highest BCUT2D eigenvalue weighted by Gasteiger charge is 2.12. The molecule has 0 spiro atoms. The van der Waals surface area contributed by atoms with Crippen molar-refractivity contribution in [2.45, 2.75) is 19.6 Å². The van der Waals surface area contributed by atoms with Gasteiger partial charge in [0.15, 0.2) is 11.5 Å².